The first-order valence-corrected chi connectivity index (χ1v) is 5.82. The summed E-state index contributed by atoms with van der Waals surface area (Å²) in [6, 6.07) is 5.30. The zero-order valence-corrected chi connectivity index (χ0v) is 11.1. The van der Waals surface area contributed by atoms with E-state index in [2.05, 4.69) is 5.16 Å². The summed E-state index contributed by atoms with van der Waals surface area (Å²) in [6.07, 6.45) is 0.308. The van der Waals surface area contributed by atoms with Crippen molar-refractivity contribution in [2.75, 3.05) is 13.6 Å². The Morgan fingerprint density at radius 1 is 1.56 bits per heavy atom. The maximum Gasteiger partial charge on any atom is 0.255 e. The highest BCUT2D eigenvalue weighted by Gasteiger charge is 2.16. The second kappa shape index (κ2) is 6.26. The molecule has 5 nitrogen and oxygen atoms in total. The lowest BCUT2D eigenvalue weighted by Gasteiger charge is -2.18. The summed E-state index contributed by atoms with van der Waals surface area (Å²) in [6.45, 7) is 2.20. The number of amidine groups is 1. The van der Waals surface area contributed by atoms with Crippen LogP contribution in [0, 0.1) is 6.92 Å². The van der Waals surface area contributed by atoms with Gasteiger partial charge in [-0.2, -0.15) is 0 Å². The largest absolute Gasteiger partial charge is 0.409 e. The van der Waals surface area contributed by atoms with Gasteiger partial charge < -0.3 is 15.8 Å². The number of hydrogen-bond donors (Lipinski definition) is 2. The monoisotopic (exact) mass is 269 g/mol. The lowest BCUT2D eigenvalue weighted by Crippen LogP contribution is -2.30. The van der Waals surface area contributed by atoms with Gasteiger partial charge in [0, 0.05) is 20.0 Å². The van der Waals surface area contributed by atoms with Gasteiger partial charge in [-0.1, -0.05) is 28.9 Å². The third kappa shape index (κ3) is 3.37. The number of oxime groups is 1. The molecule has 1 aromatic rings. The number of amides is 1. The van der Waals surface area contributed by atoms with E-state index in [0.717, 1.165) is 5.56 Å². The van der Waals surface area contributed by atoms with Crippen LogP contribution >= 0.6 is 11.6 Å². The second-order valence-corrected chi connectivity index (χ2v) is 4.38. The van der Waals surface area contributed by atoms with Crippen molar-refractivity contribution in [1.82, 2.24) is 4.90 Å². The van der Waals surface area contributed by atoms with E-state index in [9.17, 15) is 4.79 Å². The molecule has 0 aliphatic heterocycles. The van der Waals surface area contributed by atoms with E-state index >= 15 is 0 Å². The van der Waals surface area contributed by atoms with Crippen LogP contribution < -0.4 is 5.73 Å². The zero-order chi connectivity index (χ0) is 13.7. The smallest absolute Gasteiger partial charge is 0.255 e. The van der Waals surface area contributed by atoms with E-state index in [0.29, 0.717) is 23.6 Å². The number of nitrogens with two attached hydrogens (primary N) is 1. The molecule has 0 saturated carbocycles. The molecule has 0 bridgehead atoms. The predicted molar refractivity (Wildman–Crippen MR) is 71.2 cm³/mol. The van der Waals surface area contributed by atoms with Gasteiger partial charge in [-0.15, -0.1) is 0 Å². The molecule has 0 aliphatic rings. The van der Waals surface area contributed by atoms with Crippen molar-refractivity contribution in [3.05, 3.63) is 34.3 Å². The lowest BCUT2D eigenvalue weighted by atomic mass is 10.1. The Morgan fingerprint density at radius 3 is 2.83 bits per heavy atom. The van der Waals surface area contributed by atoms with Crippen LogP contribution in [-0.2, 0) is 0 Å². The van der Waals surface area contributed by atoms with Crippen molar-refractivity contribution < 1.29 is 10.0 Å². The maximum atomic E-state index is 12.1. The number of hydrogen-bond acceptors (Lipinski definition) is 3. The second-order valence-electron chi connectivity index (χ2n) is 4.00. The first kappa shape index (κ1) is 14.3. The van der Waals surface area contributed by atoms with E-state index < -0.39 is 0 Å². The quantitative estimate of drug-likeness (QED) is 0.379. The van der Waals surface area contributed by atoms with Crippen LogP contribution in [-0.4, -0.2) is 35.4 Å². The zero-order valence-electron chi connectivity index (χ0n) is 10.4. The Balaban J connectivity index is 2.78. The number of carbonyl (C=O) groups is 1. The molecule has 0 unspecified atom stereocenters. The Morgan fingerprint density at radius 2 is 2.22 bits per heavy atom. The Kier molecular flexibility index (Phi) is 4.97. The summed E-state index contributed by atoms with van der Waals surface area (Å²) >= 11 is 6.09. The summed E-state index contributed by atoms with van der Waals surface area (Å²) in [5.41, 5.74) is 6.66. The van der Waals surface area contributed by atoms with E-state index in [1.54, 1.807) is 19.2 Å². The molecule has 0 fully saturated rings. The maximum absolute atomic E-state index is 12.1. The molecule has 0 saturated heterocycles. The van der Waals surface area contributed by atoms with Gasteiger partial charge in [0.25, 0.3) is 5.91 Å². The van der Waals surface area contributed by atoms with Crippen molar-refractivity contribution in [1.29, 1.82) is 0 Å². The van der Waals surface area contributed by atoms with Crippen LogP contribution in [0.3, 0.4) is 0 Å². The fraction of sp³-hybridized carbons (Fsp3) is 0.333. The predicted octanol–water partition coefficient (Wildman–Crippen LogP) is 1.86. The average Bonchev–Trinajstić information content (AvgIpc) is 2.37. The molecule has 3 N–H and O–H groups in total. The number of nitrogens with zero attached hydrogens (tertiary/aromatic N) is 2. The third-order valence-corrected chi connectivity index (χ3v) is 3.10. The molecular weight excluding hydrogens is 254 g/mol. The minimum atomic E-state index is -0.186. The Hall–Kier alpha value is -1.75. The van der Waals surface area contributed by atoms with Crippen LogP contribution in [0.5, 0.6) is 0 Å². The summed E-state index contributed by atoms with van der Waals surface area (Å²) in [5, 5.41) is 11.7. The first-order chi connectivity index (χ1) is 8.47. The van der Waals surface area contributed by atoms with Crippen molar-refractivity contribution >= 4 is 23.3 Å². The highest BCUT2D eigenvalue weighted by atomic mass is 35.5. The third-order valence-electron chi connectivity index (χ3n) is 2.60. The van der Waals surface area contributed by atoms with Crippen LogP contribution in [0.25, 0.3) is 0 Å². The molecule has 1 amide bonds. The standard InChI is InChI=1S/C12H16ClN3O2/c1-8-4-3-5-9(11(8)13)12(17)16(2)7-6-10(14)15-18/h3-5,18H,6-7H2,1-2H3,(H2,14,15). The number of aryl methyl sites for hydroxylation is 1. The number of rotatable bonds is 4. The van der Waals surface area contributed by atoms with Gasteiger partial charge in [-0.05, 0) is 18.6 Å². The van der Waals surface area contributed by atoms with Gasteiger partial charge in [0.2, 0.25) is 0 Å². The SMILES string of the molecule is Cc1cccc(C(=O)N(C)CC/C(N)=N/O)c1Cl. The molecule has 0 atom stereocenters. The molecule has 6 heteroatoms. The van der Waals surface area contributed by atoms with Gasteiger partial charge >= 0.3 is 0 Å². The summed E-state index contributed by atoms with van der Waals surface area (Å²) in [7, 11) is 1.64. The minimum absolute atomic E-state index is 0.0880. The molecule has 1 rings (SSSR count). The molecule has 0 aromatic heterocycles. The molecular formula is C12H16ClN3O2. The molecule has 0 radical (unpaired) electrons. The van der Waals surface area contributed by atoms with Gasteiger partial charge in [-0.3, -0.25) is 4.79 Å². The topological polar surface area (TPSA) is 78.9 Å². The van der Waals surface area contributed by atoms with E-state index in [1.807, 2.05) is 13.0 Å². The van der Waals surface area contributed by atoms with Crippen LogP contribution in [0.1, 0.15) is 22.3 Å². The number of carbonyl (C=O) groups excluding carboxylic acids is 1. The molecule has 0 spiro atoms. The summed E-state index contributed by atoms with van der Waals surface area (Å²) in [4.78, 5) is 13.6. The van der Waals surface area contributed by atoms with Crippen molar-refractivity contribution in [3.63, 3.8) is 0 Å². The molecule has 0 heterocycles. The Bertz CT molecular complexity index is 474. The molecule has 18 heavy (non-hydrogen) atoms. The highest BCUT2D eigenvalue weighted by molar-refractivity contribution is 6.34. The van der Waals surface area contributed by atoms with Gasteiger partial charge in [0.05, 0.1) is 10.6 Å². The lowest BCUT2D eigenvalue weighted by molar-refractivity contribution is 0.0798. The van der Waals surface area contributed by atoms with E-state index in [-0.39, 0.29) is 11.7 Å². The summed E-state index contributed by atoms with van der Waals surface area (Å²) in [5.74, 6) is -0.0978. The van der Waals surface area contributed by atoms with Gasteiger partial charge in [0.1, 0.15) is 5.84 Å². The normalized spacial score (nSPS) is 11.4. The van der Waals surface area contributed by atoms with Crippen molar-refractivity contribution in [2.24, 2.45) is 10.9 Å². The van der Waals surface area contributed by atoms with Crippen LogP contribution in [0.2, 0.25) is 5.02 Å². The first-order valence-electron chi connectivity index (χ1n) is 5.44. The van der Waals surface area contributed by atoms with Crippen LogP contribution in [0.15, 0.2) is 23.4 Å². The van der Waals surface area contributed by atoms with E-state index in [4.69, 9.17) is 22.5 Å². The fourth-order valence-electron chi connectivity index (χ4n) is 1.45. The van der Waals surface area contributed by atoms with Gasteiger partial charge in [0.15, 0.2) is 0 Å². The highest BCUT2D eigenvalue weighted by Crippen LogP contribution is 2.21. The fourth-order valence-corrected chi connectivity index (χ4v) is 1.66. The van der Waals surface area contributed by atoms with Crippen molar-refractivity contribution in [2.45, 2.75) is 13.3 Å². The van der Waals surface area contributed by atoms with Gasteiger partial charge in [-0.25, -0.2) is 0 Å². The molecule has 98 valence electrons. The van der Waals surface area contributed by atoms with Crippen molar-refractivity contribution in [3.8, 4) is 0 Å². The molecule has 1 aromatic carbocycles. The summed E-state index contributed by atoms with van der Waals surface area (Å²) < 4.78 is 0. The minimum Gasteiger partial charge on any atom is -0.409 e. The number of halogens is 1. The average molecular weight is 270 g/mol. The van der Waals surface area contributed by atoms with E-state index in [1.165, 1.54) is 4.90 Å². The number of benzene rings is 1. The Labute approximate surface area is 111 Å². The van der Waals surface area contributed by atoms with Crippen LogP contribution in [0.4, 0.5) is 0 Å². The molecule has 0 aliphatic carbocycles.